The number of hydrogen-bond acceptors (Lipinski definition) is 7. The van der Waals surface area contributed by atoms with Crippen LogP contribution in [0.1, 0.15) is 6.92 Å². The normalized spacial score (nSPS) is 11.8. The third-order valence-corrected chi connectivity index (χ3v) is 4.20. The van der Waals surface area contributed by atoms with E-state index in [-0.39, 0.29) is 12.2 Å². The van der Waals surface area contributed by atoms with Gasteiger partial charge in [0, 0.05) is 11.8 Å². The maximum atomic E-state index is 13.2. The van der Waals surface area contributed by atoms with Gasteiger partial charge in [-0.15, -0.1) is 21.5 Å². The van der Waals surface area contributed by atoms with Crippen LogP contribution in [0.5, 0.6) is 0 Å². The summed E-state index contributed by atoms with van der Waals surface area (Å²) >= 11 is 1.43. The zero-order valence-corrected chi connectivity index (χ0v) is 14.7. The Bertz CT molecular complexity index is 961. The summed E-state index contributed by atoms with van der Waals surface area (Å²) in [6.45, 7) is 1.01. The fraction of sp³-hybridized carbons (Fsp3) is 0.188. The minimum Gasteiger partial charge on any atom is -0.451 e. The van der Waals surface area contributed by atoms with E-state index in [0.717, 1.165) is 21.8 Å². The molecule has 0 saturated heterocycles. The first-order chi connectivity index (χ1) is 12.9. The Labute approximate surface area is 155 Å². The minimum absolute atomic E-state index is 0.0420. The van der Waals surface area contributed by atoms with E-state index in [2.05, 4.69) is 20.7 Å². The summed E-state index contributed by atoms with van der Waals surface area (Å²) in [5.74, 6) is -3.20. The van der Waals surface area contributed by atoms with Crippen LogP contribution < -0.4 is 5.32 Å². The van der Waals surface area contributed by atoms with Crippen molar-refractivity contribution in [3.05, 3.63) is 47.3 Å². The molecular formula is C16H13F2N5O3S. The van der Waals surface area contributed by atoms with E-state index in [9.17, 15) is 18.4 Å². The molecule has 0 aliphatic rings. The van der Waals surface area contributed by atoms with Gasteiger partial charge in [-0.2, -0.15) is 4.80 Å². The van der Waals surface area contributed by atoms with Gasteiger partial charge in [0.1, 0.15) is 0 Å². The molecule has 1 N–H and O–H groups in total. The Morgan fingerprint density at radius 1 is 1.30 bits per heavy atom. The molecule has 140 valence electrons. The first-order valence-corrected chi connectivity index (χ1v) is 8.57. The number of aromatic nitrogens is 4. The van der Waals surface area contributed by atoms with Gasteiger partial charge in [-0.1, -0.05) is 6.07 Å². The lowest BCUT2D eigenvalue weighted by Crippen LogP contribution is -2.31. The number of amides is 1. The summed E-state index contributed by atoms with van der Waals surface area (Å²) in [7, 11) is 0. The fourth-order valence-electron chi connectivity index (χ4n) is 2.04. The first kappa shape index (κ1) is 18.6. The summed E-state index contributed by atoms with van der Waals surface area (Å²) in [5, 5.41) is 15.8. The number of tetrazole rings is 1. The molecule has 2 heterocycles. The lowest BCUT2D eigenvalue weighted by atomic mass is 10.3. The van der Waals surface area contributed by atoms with Gasteiger partial charge in [0.25, 0.3) is 5.91 Å². The van der Waals surface area contributed by atoms with Crippen LogP contribution in [0, 0.1) is 11.6 Å². The largest absolute Gasteiger partial charge is 0.451 e. The monoisotopic (exact) mass is 393 g/mol. The van der Waals surface area contributed by atoms with Crippen molar-refractivity contribution in [2.45, 2.75) is 19.6 Å². The number of carbonyl (C=O) groups is 2. The molecule has 1 aromatic carbocycles. The van der Waals surface area contributed by atoms with E-state index in [4.69, 9.17) is 4.74 Å². The van der Waals surface area contributed by atoms with Crippen LogP contribution in [0.25, 0.3) is 10.7 Å². The van der Waals surface area contributed by atoms with Crippen molar-refractivity contribution < 1.29 is 23.1 Å². The van der Waals surface area contributed by atoms with E-state index in [1.165, 1.54) is 24.3 Å². The molecule has 27 heavy (non-hydrogen) atoms. The highest BCUT2D eigenvalue weighted by atomic mass is 32.1. The summed E-state index contributed by atoms with van der Waals surface area (Å²) in [6, 6.07) is 6.55. The highest BCUT2D eigenvalue weighted by Crippen LogP contribution is 2.19. The third-order valence-electron chi connectivity index (χ3n) is 3.33. The van der Waals surface area contributed by atoms with Gasteiger partial charge in [-0.25, -0.2) is 13.6 Å². The maximum Gasteiger partial charge on any atom is 0.330 e. The molecule has 3 aromatic rings. The highest BCUT2D eigenvalue weighted by molar-refractivity contribution is 7.13. The molecule has 0 aliphatic carbocycles. The zero-order valence-electron chi connectivity index (χ0n) is 13.9. The maximum absolute atomic E-state index is 13.2. The number of carbonyl (C=O) groups excluding carboxylic acids is 2. The van der Waals surface area contributed by atoms with Gasteiger partial charge in [0.05, 0.1) is 4.88 Å². The van der Waals surface area contributed by atoms with E-state index in [1.807, 2.05) is 17.5 Å². The molecule has 0 spiro atoms. The van der Waals surface area contributed by atoms with E-state index >= 15 is 0 Å². The van der Waals surface area contributed by atoms with Gasteiger partial charge < -0.3 is 10.1 Å². The Hall–Kier alpha value is -3.21. The quantitative estimate of drug-likeness (QED) is 0.645. The van der Waals surface area contributed by atoms with Crippen LogP contribution in [0.4, 0.5) is 14.5 Å². The average molecular weight is 393 g/mol. The Morgan fingerprint density at radius 3 is 2.81 bits per heavy atom. The summed E-state index contributed by atoms with van der Waals surface area (Å²) in [4.78, 5) is 25.8. The van der Waals surface area contributed by atoms with Crippen molar-refractivity contribution in [1.82, 2.24) is 20.2 Å². The molecule has 2 aromatic heterocycles. The van der Waals surface area contributed by atoms with Crippen molar-refractivity contribution >= 4 is 28.9 Å². The van der Waals surface area contributed by atoms with Crippen LogP contribution in [0.3, 0.4) is 0 Å². The molecular weight excluding hydrogens is 380 g/mol. The van der Waals surface area contributed by atoms with Gasteiger partial charge in [-0.3, -0.25) is 4.79 Å². The van der Waals surface area contributed by atoms with Crippen LogP contribution >= 0.6 is 11.3 Å². The topological polar surface area (TPSA) is 99.0 Å². The predicted molar refractivity (Wildman–Crippen MR) is 91.7 cm³/mol. The molecule has 0 radical (unpaired) electrons. The number of nitrogens with one attached hydrogen (secondary N) is 1. The lowest BCUT2D eigenvalue weighted by molar-refractivity contribution is -0.154. The predicted octanol–water partition coefficient (Wildman–Crippen LogP) is 2.25. The number of benzene rings is 1. The number of thiophene rings is 1. The fourth-order valence-corrected chi connectivity index (χ4v) is 2.68. The second-order valence-corrected chi connectivity index (χ2v) is 6.32. The number of anilines is 1. The number of nitrogens with zero attached hydrogens (tertiary/aromatic N) is 4. The van der Waals surface area contributed by atoms with Crippen molar-refractivity contribution in [2.75, 3.05) is 5.32 Å². The highest BCUT2D eigenvalue weighted by Gasteiger charge is 2.20. The molecule has 0 fully saturated rings. The second kappa shape index (κ2) is 7.99. The van der Waals surface area contributed by atoms with Crippen molar-refractivity contribution in [2.24, 2.45) is 0 Å². The Morgan fingerprint density at radius 2 is 2.11 bits per heavy atom. The van der Waals surface area contributed by atoms with E-state index < -0.39 is 29.6 Å². The zero-order chi connectivity index (χ0) is 19.4. The number of esters is 1. The van der Waals surface area contributed by atoms with Crippen LogP contribution in [0.15, 0.2) is 35.7 Å². The average Bonchev–Trinajstić information content (AvgIpc) is 3.29. The number of hydrogen-bond donors (Lipinski definition) is 1. The van der Waals surface area contributed by atoms with Crippen LogP contribution in [-0.2, 0) is 20.9 Å². The summed E-state index contributed by atoms with van der Waals surface area (Å²) in [6.07, 6.45) is -1.16. The van der Waals surface area contributed by atoms with Crippen molar-refractivity contribution in [3.63, 3.8) is 0 Å². The number of halogens is 2. The number of ether oxygens (including phenoxy) is 1. The summed E-state index contributed by atoms with van der Waals surface area (Å²) < 4.78 is 31.0. The van der Waals surface area contributed by atoms with Gasteiger partial charge in [0.2, 0.25) is 5.82 Å². The van der Waals surface area contributed by atoms with E-state index in [0.29, 0.717) is 5.82 Å². The number of rotatable bonds is 6. The van der Waals surface area contributed by atoms with Crippen molar-refractivity contribution in [3.8, 4) is 10.7 Å². The molecule has 0 saturated carbocycles. The minimum atomic E-state index is -1.16. The standard InChI is InChI=1S/C16H13F2N5O3S/c1-9(16(25)19-10-4-5-11(17)12(18)7-10)26-14(24)8-23-21-15(20-22-23)13-3-2-6-27-13/h2-7,9H,8H2,1H3,(H,19,25)/t9-/m1/s1. The third kappa shape index (κ3) is 4.70. The smallest absolute Gasteiger partial charge is 0.330 e. The lowest BCUT2D eigenvalue weighted by Gasteiger charge is -2.13. The van der Waals surface area contributed by atoms with E-state index in [1.54, 1.807) is 0 Å². The summed E-state index contributed by atoms with van der Waals surface area (Å²) in [5.41, 5.74) is 0.0420. The Kier molecular flexibility index (Phi) is 5.50. The molecule has 1 atom stereocenters. The molecule has 3 rings (SSSR count). The molecule has 11 heteroatoms. The SMILES string of the molecule is C[C@@H](OC(=O)Cn1nnc(-c2cccs2)n1)C(=O)Nc1ccc(F)c(F)c1. The molecule has 0 unspecified atom stereocenters. The van der Waals surface area contributed by atoms with Crippen LogP contribution in [0.2, 0.25) is 0 Å². The van der Waals surface area contributed by atoms with Gasteiger partial charge in [-0.05, 0) is 35.7 Å². The first-order valence-electron chi connectivity index (χ1n) is 7.69. The van der Waals surface area contributed by atoms with Gasteiger partial charge in [0.15, 0.2) is 24.3 Å². The molecule has 1 amide bonds. The van der Waals surface area contributed by atoms with Gasteiger partial charge >= 0.3 is 5.97 Å². The molecule has 0 aliphatic heterocycles. The molecule has 8 nitrogen and oxygen atoms in total. The Balaban J connectivity index is 1.53. The van der Waals surface area contributed by atoms with Crippen molar-refractivity contribution in [1.29, 1.82) is 0 Å². The van der Waals surface area contributed by atoms with Crippen LogP contribution in [-0.4, -0.2) is 38.2 Å². The molecule has 0 bridgehead atoms. The second-order valence-electron chi connectivity index (χ2n) is 5.37.